The molecule has 0 aromatic rings. The molecule has 2 aliphatic rings. The average Bonchev–Trinajstić information content (AvgIpc) is 3.33. The van der Waals surface area contributed by atoms with Crippen LogP contribution in [0.2, 0.25) is 0 Å². The molecule has 0 fully saturated rings. The second-order valence-electron chi connectivity index (χ2n) is 6.50. The Morgan fingerprint density at radius 2 is 1.11 bits per heavy atom. The molecular formula is C22H33Cl2N2SiZr. The van der Waals surface area contributed by atoms with Gasteiger partial charge in [-0.3, -0.25) is 0 Å². The van der Waals surface area contributed by atoms with Crippen molar-refractivity contribution in [1.82, 2.24) is 9.13 Å². The SMILES string of the molecule is C=CCN(CC=C)[SiH](N(CC=C)CC=C)[Zr]([C]1=CC=CC1)[C]1=CC=CC1.Cl.Cl. The van der Waals surface area contributed by atoms with Crippen LogP contribution in [0.3, 0.4) is 0 Å². The van der Waals surface area contributed by atoms with Crippen LogP contribution in [-0.2, 0) is 20.9 Å². The molecule has 6 heteroatoms. The van der Waals surface area contributed by atoms with Crippen LogP contribution < -0.4 is 0 Å². The largest absolute Gasteiger partial charge is 0.147 e. The fourth-order valence-electron chi connectivity index (χ4n) is 3.64. The smallest absolute Gasteiger partial charge is 0.147 e. The van der Waals surface area contributed by atoms with Gasteiger partial charge in [0.1, 0.15) is 0 Å². The van der Waals surface area contributed by atoms with E-state index < -0.39 is 27.2 Å². The van der Waals surface area contributed by atoms with Crippen LogP contribution in [0.25, 0.3) is 0 Å². The quantitative estimate of drug-likeness (QED) is 0.246. The number of nitrogens with zero attached hydrogens (tertiary/aromatic N) is 2. The maximum Gasteiger partial charge on any atom is -0.147 e. The fourth-order valence-corrected chi connectivity index (χ4v) is 26.8. The van der Waals surface area contributed by atoms with E-state index in [0.717, 1.165) is 39.0 Å². The van der Waals surface area contributed by atoms with Gasteiger partial charge in [-0.25, -0.2) is 0 Å². The number of rotatable bonds is 13. The molecule has 28 heavy (non-hydrogen) atoms. The van der Waals surface area contributed by atoms with E-state index in [1.807, 2.05) is 24.3 Å². The second-order valence-corrected chi connectivity index (χ2v) is 21.1. The van der Waals surface area contributed by atoms with Crippen molar-refractivity contribution in [2.45, 2.75) is 12.8 Å². The average molecular weight is 516 g/mol. The molecule has 2 aliphatic carbocycles. The van der Waals surface area contributed by atoms with Gasteiger partial charge in [0.25, 0.3) is 0 Å². The Morgan fingerprint density at radius 1 is 0.750 bits per heavy atom. The van der Waals surface area contributed by atoms with Crippen LogP contribution in [0.15, 0.2) is 93.6 Å². The molecule has 0 aromatic carbocycles. The van der Waals surface area contributed by atoms with Crippen molar-refractivity contribution in [3.05, 3.63) is 93.6 Å². The molecule has 2 rings (SSSR count). The van der Waals surface area contributed by atoms with Crippen molar-refractivity contribution < 1.29 is 20.9 Å². The third kappa shape index (κ3) is 7.40. The summed E-state index contributed by atoms with van der Waals surface area (Å²) in [7, 11) is 0. The second kappa shape index (κ2) is 15.4. The molecule has 0 aliphatic heterocycles. The van der Waals surface area contributed by atoms with Crippen molar-refractivity contribution in [1.29, 1.82) is 0 Å². The van der Waals surface area contributed by atoms with Crippen molar-refractivity contribution in [3.63, 3.8) is 0 Å². The standard InChI is InChI=1S/C12H21N2Si.2C5H5.2ClH.Zr/c1-5-9-13(10-6-2)15-14(11-7-3)12-8-4;2*1-2-4-5-3-1;;;/h5-8,15H,1-4,9-12H2;2*1-3H,4H2;2*1H;. The molecule has 0 spiro atoms. The van der Waals surface area contributed by atoms with Crippen molar-refractivity contribution in [2.75, 3.05) is 26.2 Å². The summed E-state index contributed by atoms with van der Waals surface area (Å²) in [4.78, 5) is 0. The molecular weight excluding hydrogens is 482 g/mol. The van der Waals surface area contributed by atoms with Gasteiger partial charge in [0, 0.05) is 0 Å². The third-order valence-corrected chi connectivity index (χ3v) is 26.2. The van der Waals surface area contributed by atoms with Crippen molar-refractivity contribution >= 4 is 31.1 Å². The Kier molecular flexibility index (Phi) is 15.1. The van der Waals surface area contributed by atoms with E-state index in [1.54, 1.807) is 6.56 Å². The maximum absolute atomic E-state index is 4.03. The van der Waals surface area contributed by atoms with Crippen molar-refractivity contribution in [3.8, 4) is 0 Å². The van der Waals surface area contributed by atoms with Crippen LogP contribution in [0.5, 0.6) is 0 Å². The molecule has 0 bridgehead atoms. The molecule has 0 radical (unpaired) electrons. The zero-order chi connectivity index (χ0) is 18.8. The third-order valence-electron chi connectivity index (χ3n) is 4.64. The Balaban J connectivity index is 0.00000364. The van der Waals surface area contributed by atoms with Gasteiger partial charge in [-0.1, -0.05) is 0 Å². The Morgan fingerprint density at radius 3 is 1.36 bits per heavy atom. The van der Waals surface area contributed by atoms with Gasteiger partial charge in [-0.2, -0.15) is 0 Å². The summed E-state index contributed by atoms with van der Waals surface area (Å²) in [5.41, 5.74) is 0. The molecule has 153 valence electrons. The van der Waals surface area contributed by atoms with E-state index in [1.165, 1.54) is 0 Å². The van der Waals surface area contributed by atoms with Gasteiger partial charge in [0.05, 0.1) is 0 Å². The molecule has 2 nitrogen and oxygen atoms in total. The van der Waals surface area contributed by atoms with E-state index in [4.69, 9.17) is 0 Å². The van der Waals surface area contributed by atoms with Gasteiger partial charge in [-0.05, 0) is 0 Å². The summed E-state index contributed by atoms with van der Waals surface area (Å²) < 4.78 is 8.82. The summed E-state index contributed by atoms with van der Waals surface area (Å²) in [6.45, 7) is 19.8. The molecule has 0 aromatic heterocycles. The summed E-state index contributed by atoms with van der Waals surface area (Å²) in [5, 5.41) is 0. The molecule has 0 atom stereocenters. The van der Waals surface area contributed by atoms with Crippen LogP contribution >= 0.6 is 24.8 Å². The summed E-state index contributed by atoms with van der Waals surface area (Å²) in [6, 6.07) is 0. The van der Waals surface area contributed by atoms with E-state index in [0.29, 0.717) is 0 Å². The van der Waals surface area contributed by atoms with Gasteiger partial charge in [0.2, 0.25) is 0 Å². The first-order chi connectivity index (χ1) is 12.8. The van der Waals surface area contributed by atoms with E-state index in [9.17, 15) is 0 Å². The topological polar surface area (TPSA) is 6.48 Å². The maximum atomic E-state index is 4.03. The van der Waals surface area contributed by atoms with E-state index >= 15 is 0 Å². The first-order valence-electron chi connectivity index (χ1n) is 9.27. The molecule has 0 saturated carbocycles. The summed E-state index contributed by atoms with van der Waals surface area (Å²) in [5.74, 6) is 0. The number of hydrogen-bond donors (Lipinski definition) is 0. The van der Waals surface area contributed by atoms with E-state index in [2.05, 4.69) is 71.9 Å². The van der Waals surface area contributed by atoms with Gasteiger partial charge in [0.15, 0.2) is 0 Å². The van der Waals surface area contributed by atoms with Gasteiger partial charge < -0.3 is 0 Å². The summed E-state index contributed by atoms with van der Waals surface area (Å²) in [6.07, 6.45) is 23.0. The molecule has 0 saturated heterocycles. The van der Waals surface area contributed by atoms with Crippen LogP contribution in [0.1, 0.15) is 12.8 Å². The fraction of sp³-hybridized carbons (Fsp3) is 0.273. The van der Waals surface area contributed by atoms with Crippen LogP contribution in [0, 0.1) is 0 Å². The minimum absolute atomic E-state index is 0. The van der Waals surface area contributed by atoms with Crippen molar-refractivity contribution in [2.24, 2.45) is 0 Å². The number of allylic oxidation sites excluding steroid dienone is 8. The molecule has 0 N–H and O–H groups in total. The Labute approximate surface area is 192 Å². The summed E-state index contributed by atoms with van der Waals surface area (Å²) >= 11 is -2.04. The van der Waals surface area contributed by atoms with Crippen LogP contribution in [0.4, 0.5) is 0 Å². The molecule has 0 unspecified atom stereocenters. The van der Waals surface area contributed by atoms with Gasteiger partial charge >= 0.3 is 169 Å². The Hall–Kier alpha value is -0.480. The van der Waals surface area contributed by atoms with Gasteiger partial charge in [-0.15, -0.1) is 24.8 Å². The number of halogens is 2. The zero-order valence-corrected chi connectivity index (χ0v) is 21.9. The first kappa shape index (κ1) is 27.5. The first-order valence-corrected chi connectivity index (χ1v) is 17.6. The Bertz CT molecular complexity index is 581. The minimum Gasteiger partial charge on any atom is -0.147 e. The zero-order valence-electron chi connectivity index (χ0n) is 16.6. The number of hydrogen-bond acceptors (Lipinski definition) is 2. The molecule has 0 heterocycles. The monoisotopic (exact) mass is 513 g/mol. The van der Waals surface area contributed by atoms with E-state index in [-0.39, 0.29) is 24.8 Å². The predicted octanol–water partition coefficient (Wildman–Crippen LogP) is 5.20. The molecule has 0 amide bonds. The predicted molar refractivity (Wildman–Crippen MR) is 129 cm³/mol. The normalized spacial score (nSPS) is 14.4. The van der Waals surface area contributed by atoms with Crippen LogP contribution in [-0.4, -0.2) is 41.6 Å². The minimum atomic E-state index is -2.04.